The number of hydrogen-bond donors (Lipinski definition) is 3. The van der Waals surface area contributed by atoms with Crippen molar-refractivity contribution in [1.29, 1.82) is 0 Å². The van der Waals surface area contributed by atoms with E-state index in [1.54, 1.807) is 13.3 Å². The van der Waals surface area contributed by atoms with Gasteiger partial charge in [0.1, 0.15) is 11.4 Å². The number of carbonyl (C=O) groups is 1. The highest BCUT2D eigenvalue weighted by molar-refractivity contribution is 14.0. The largest absolute Gasteiger partial charge is 0.496 e. The SMILES string of the molecule is CCNC(=NCc1ncc(C)c(OC)c1C)NCCNC(=O)OC(C)(C)C.I. The van der Waals surface area contributed by atoms with Gasteiger partial charge in [-0.05, 0) is 41.5 Å². The Kier molecular flexibility index (Phi) is 11.8. The Morgan fingerprint density at radius 1 is 1.18 bits per heavy atom. The highest BCUT2D eigenvalue weighted by atomic mass is 127. The number of ether oxygens (including phenoxy) is 2. The second kappa shape index (κ2) is 12.6. The molecule has 0 unspecified atom stereocenters. The molecule has 1 aromatic heterocycles. The van der Waals surface area contributed by atoms with Gasteiger partial charge in [-0.3, -0.25) is 4.98 Å². The fourth-order valence-electron chi connectivity index (χ4n) is 2.39. The zero-order valence-electron chi connectivity index (χ0n) is 17.9. The van der Waals surface area contributed by atoms with Crippen LogP contribution < -0.4 is 20.7 Å². The molecule has 0 aliphatic carbocycles. The van der Waals surface area contributed by atoms with E-state index in [-0.39, 0.29) is 24.0 Å². The van der Waals surface area contributed by atoms with Crippen molar-refractivity contribution in [3.05, 3.63) is 23.0 Å². The summed E-state index contributed by atoms with van der Waals surface area (Å²) in [5.74, 6) is 1.50. The van der Waals surface area contributed by atoms with Gasteiger partial charge in [0.25, 0.3) is 0 Å². The van der Waals surface area contributed by atoms with Gasteiger partial charge in [-0.2, -0.15) is 0 Å². The molecular weight excluding hydrogens is 473 g/mol. The first-order valence-corrected chi connectivity index (χ1v) is 9.16. The molecule has 3 N–H and O–H groups in total. The molecule has 0 aromatic carbocycles. The summed E-state index contributed by atoms with van der Waals surface area (Å²) in [7, 11) is 1.66. The average molecular weight is 507 g/mol. The quantitative estimate of drug-likeness (QED) is 0.227. The van der Waals surface area contributed by atoms with Crippen molar-refractivity contribution in [2.24, 2.45) is 4.99 Å². The Labute approximate surface area is 185 Å². The molecule has 0 radical (unpaired) electrons. The van der Waals surface area contributed by atoms with Crippen LogP contribution in [0.2, 0.25) is 0 Å². The Morgan fingerprint density at radius 2 is 1.82 bits per heavy atom. The van der Waals surface area contributed by atoms with E-state index in [1.165, 1.54) is 0 Å². The summed E-state index contributed by atoms with van der Waals surface area (Å²) in [6, 6.07) is 0. The van der Waals surface area contributed by atoms with E-state index in [1.807, 2.05) is 41.5 Å². The van der Waals surface area contributed by atoms with Crippen LogP contribution in [0.3, 0.4) is 0 Å². The number of carbonyl (C=O) groups excluding carboxylic acids is 1. The van der Waals surface area contributed by atoms with E-state index in [9.17, 15) is 4.79 Å². The normalized spacial score (nSPS) is 11.3. The third kappa shape index (κ3) is 9.43. The summed E-state index contributed by atoms with van der Waals surface area (Å²) in [6.07, 6.45) is 1.36. The lowest BCUT2D eigenvalue weighted by molar-refractivity contribution is 0.0529. The van der Waals surface area contributed by atoms with Gasteiger partial charge < -0.3 is 25.4 Å². The first kappa shape index (κ1) is 26.2. The summed E-state index contributed by atoms with van der Waals surface area (Å²) in [4.78, 5) is 20.7. The van der Waals surface area contributed by atoms with Crippen molar-refractivity contribution in [3.63, 3.8) is 0 Å². The van der Waals surface area contributed by atoms with Crippen LogP contribution in [0.1, 0.15) is 44.5 Å². The second-order valence-electron chi connectivity index (χ2n) is 7.10. The van der Waals surface area contributed by atoms with Crippen molar-refractivity contribution < 1.29 is 14.3 Å². The average Bonchev–Trinajstić information content (AvgIpc) is 2.56. The molecule has 28 heavy (non-hydrogen) atoms. The van der Waals surface area contributed by atoms with Crippen LogP contribution >= 0.6 is 24.0 Å². The van der Waals surface area contributed by atoms with Crippen LogP contribution in [0.4, 0.5) is 4.79 Å². The maximum atomic E-state index is 11.6. The molecule has 0 saturated carbocycles. The number of amides is 1. The lowest BCUT2D eigenvalue weighted by Gasteiger charge is -2.20. The van der Waals surface area contributed by atoms with E-state index >= 15 is 0 Å². The van der Waals surface area contributed by atoms with E-state index in [0.717, 1.165) is 29.1 Å². The van der Waals surface area contributed by atoms with Gasteiger partial charge in [-0.25, -0.2) is 9.79 Å². The van der Waals surface area contributed by atoms with Crippen LogP contribution in [-0.2, 0) is 11.3 Å². The standard InChI is InChI=1S/C19H33N5O3.HI/c1-8-20-17(21-9-10-22-18(25)27-19(4,5)6)24-12-15-14(3)16(26-7)13(2)11-23-15;/h11H,8-10,12H2,1-7H3,(H,22,25)(H2,20,21,24);1H. The number of methoxy groups -OCH3 is 1. The Bertz CT molecular complexity index is 660. The van der Waals surface area contributed by atoms with E-state index in [2.05, 4.69) is 25.9 Å². The first-order valence-electron chi connectivity index (χ1n) is 9.16. The molecule has 1 rings (SSSR count). The topological polar surface area (TPSA) is 96.9 Å². The molecule has 0 spiro atoms. The minimum atomic E-state index is -0.506. The van der Waals surface area contributed by atoms with E-state index in [0.29, 0.717) is 25.6 Å². The van der Waals surface area contributed by atoms with Gasteiger partial charge in [0.15, 0.2) is 5.96 Å². The van der Waals surface area contributed by atoms with E-state index < -0.39 is 11.7 Å². The maximum Gasteiger partial charge on any atom is 0.407 e. The predicted molar refractivity (Wildman–Crippen MR) is 123 cm³/mol. The van der Waals surface area contributed by atoms with E-state index in [4.69, 9.17) is 9.47 Å². The molecule has 0 aliphatic heterocycles. The van der Waals surface area contributed by atoms with Gasteiger partial charge in [-0.15, -0.1) is 24.0 Å². The number of aliphatic imine (C=N–C) groups is 1. The van der Waals surface area contributed by atoms with Crippen LogP contribution in [0.25, 0.3) is 0 Å². The number of rotatable bonds is 7. The minimum absolute atomic E-state index is 0. The molecule has 1 amide bonds. The predicted octanol–water partition coefficient (Wildman–Crippen LogP) is 2.90. The molecule has 0 atom stereocenters. The smallest absolute Gasteiger partial charge is 0.407 e. The molecular formula is C19H34IN5O3. The zero-order valence-corrected chi connectivity index (χ0v) is 20.3. The van der Waals surface area contributed by atoms with Gasteiger partial charge >= 0.3 is 6.09 Å². The number of nitrogens with one attached hydrogen (secondary N) is 3. The summed E-state index contributed by atoms with van der Waals surface area (Å²) in [5, 5.41) is 9.06. The fraction of sp³-hybridized carbons (Fsp3) is 0.632. The number of aromatic nitrogens is 1. The molecule has 0 aliphatic rings. The van der Waals surface area contributed by atoms with Gasteiger partial charge in [0.05, 0.1) is 19.3 Å². The third-order valence-corrected chi connectivity index (χ3v) is 3.57. The van der Waals surface area contributed by atoms with Crippen molar-refractivity contribution in [3.8, 4) is 5.75 Å². The van der Waals surface area contributed by atoms with Crippen molar-refractivity contribution in [2.45, 2.75) is 53.7 Å². The van der Waals surface area contributed by atoms with Crippen molar-refractivity contribution in [1.82, 2.24) is 20.9 Å². The number of hydrogen-bond acceptors (Lipinski definition) is 5. The molecule has 1 aromatic rings. The zero-order chi connectivity index (χ0) is 20.4. The summed E-state index contributed by atoms with van der Waals surface area (Å²) in [5.41, 5.74) is 2.35. The van der Waals surface area contributed by atoms with Crippen LogP contribution in [0.15, 0.2) is 11.2 Å². The number of pyridine rings is 1. The van der Waals surface area contributed by atoms with Crippen LogP contribution in [0, 0.1) is 13.8 Å². The number of nitrogens with zero attached hydrogens (tertiary/aromatic N) is 2. The lowest BCUT2D eigenvalue weighted by Crippen LogP contribution is -2.42. The highest BCUT2D eigenvalue weighted by Gasteiger charge is 2.15. The Morgan fingerprint density at radius 3 is 2.39 bits per heavy atom. The van der Waals surface area contributed by atoms with Gasteiger partial charge in [0, 0.05) is 37.0 Å². The van der Waals surface area contributed by atoms with Crippen molar-refractivity contribution >= 4 is 36.0 Å². The second-order valence-corrected chi connectivity index (χ2v) is 7.10. The fourth-order valence-corrected chi connectivity index (χ4v) is 2.39. The summed E-state index contributed by atoms with van der Waals surface area (Å²) in [6.45, 7) is 13.5. The molecule has 0 saturated heterocycles. The van der Waals surface area contributed by atoms with Crippen molar-refractivity contribution in [2.75, 3.05) is 26.7 Å². The number of alkyl carbamates (subject to hydrolysis) is 1. The number of halogens is 1. The highest BCUT2D eigenvalue weighted by Crippen LogP contribution is 2.24. The number of guanidine groups is 1. The monoisotopic (exact) mass is 507 g/mol. The van der Waals surface area contributed by atoms with Crippen LogP contribution in [-0.4, -0.2) is 49.4 Å². The maximum absolute atomic E-state index is 11.6. The summed E-state index contributed by atoms with van der Waals surface area (Å²) >= 11 is 0. The summed E-state index contributed by atoms with van der Waals surface area (Å²) < 4.78 is 10.6. The molecule has 9 heteroatoms. The molecule has 0 bridgehead atoms. The van der Waals surface area contributed by atoms with Gasteiger partial charge in [0.2, 0.25) is 0 Å². The minimum Gasteiger partial charge on any atom is -0.496 e. The molecule has 1 heterocycles. The third-order valence-electron chi connectivity index (χ3n) is 3.57. The first-order chi connectivity index (χ1) is 12.7. The Hall–Kier alpha value is -1.78. The van der Waals surface area contributed by atoms with Crippen LogP contribution in [0.5, 0.6) is 5.75 Å². The molecule has 8 nitrogen and oxygen atoms in total. The lowest BCUT2D eigenvalue weighted by atomic mass is 10.1. The molecule has 0 fully saturated rings. The Balaban J connectivity index is 0.00000729. The van der Waals surface area contributed by atoms with Gasteiger partial charge in [-0.1, -0.05) is 0 Å². The number of aryl methyl sites for hydroxylation is 1. The molecule has 160 valence electrons.